The molecule has 1 aromatic carbocycles. The fraction of sp³-hybridized carbons (Fsp3) is 0.625. The van der Waals surface area contributed by atoms with Crippen LogP contribution >= 0.6 is 0 Å². The third kappa shape index (κ3) is 3.26. The zero-order valence-electron chi connectivity index (χ0n) is 11.8. The topological polar surface area (TPSA) is 21.3 Å². The molecule has 18 heavy (non-hydrogen) atoms. The lowest BCUT2D eigenvalue weighted by Gasteiger charge is -2.25. The number of benzene rings is 1. The predicted molar refractivity (Wildman–Crippen MR) is 76.3 cm³/mol. The molecule has 0 atom stereocenters. The lowest BCUT2D eigenvalue weighted by atomic mass is 9.82. The maximum absolute atomic E-state index is 6.02. The molecular weight excluding hydrogens is 222 g/mol. The van der Waals surface area contributed by atoms with E-state index < -0.39 is 0 Å². The predicted octanol–water partition coefficient (Wildman–Crippen LogP) is 3.51. The summed E-state index contributed by atoms with van der Waals surface area (Å²) in [6.07, 6.45) is 3.77. The molecule has 0 radical (unpaired) electrons. The third-order valence-electron chi connectivity index (χ3n) is 4.11. The van der Waals surface area contributed by atoms with E-state index in [4.69, 9.17) is 4.74 Å². The Morgan fingerprint density at radius 2 is 1.78 bits per heavy atom. The van der Waals surface area contributed by atoms with E-state index in [0.29, 0.717) is 6.10 Å². The molecule has 1 fully saturated rings. The molecule has 0 unspecified atom stereocenters. The van der Waals surface area contributed by atoms with E-state index in [1.54, 1.807) is 0 Å². The first-order chi connectivity index (χ1) is 8.62. The fourth-order valence-electron chi connectivity index (χ4n) is 2.29. The van der Waals surface area contributed by atoms with Crippen LogP contribution in [0.4, 0.5) is 0 Å². The Bertz CT molecular complexity index is 363. The average molecular weight is 247 g/mol. The first-order valence-corrected chi connectivity index (χ1v) is 7.10. The van der Waals surface area contributed by atoms with E-state index in [0.717, 1.165) is 38.1 Å². The molecular formula is C16H25NO. The number of hydrogen-bond donors (Lipinski definition) is 1. The van der Waals surface area contributed by atoms with Crippen molar-refractivity contribution in [2.45, 2.75) is 51.6 Å². The van der Waals surface area contributed by atoms with Crippen LogP contribution in [0, 0.1) is 0 Å². The molecule has 1 aliphatic heterocycles. The Hall–Kier alpha value is -1.02. The zero-order chi connectivity index (χ0) is 13.0. The van der Waals surface area contributed by atoms with Gasteiger partial charge >= 0.3 is 0 Å². The van der Waals surface area contributed by atoms with E-state index >= 15 is 0 Å². The van der Waals surface area contributed by atoms with Gasteiger partial charge in [-0.2, -0.15) is 0 Å². The molecule has 0 spiro atoms. The Morgan fingerprint density at radius 3 is 2.33 bits per heavy atom. The van der Waals surface area contributed by atoms with Crippen molar-refractivity contribution < 1.29 is 4.74 Å². The van der Waals surface area contributed by atoms with Crippen LogP contribution < -0.4 is 10.1 Å². The van der Waals surface area contributed by atoms with Gasteiger partial charge in [0.2, 0.25) is 0 Å². The van der Waals surface area contributed by atoms with Crippen molar-refractivity contribution in [3.8, 4) is 5.75 Å². The van der Waals surface area contributed by atoms with Crippen LogP contribution in [0.3, 0.4) is 0 Å². The summed E-state index contributed by atoms with van der Waals surface area (Å²) in [5.41, 5.74) is 1.65. The minimum absolute atomic E-state index is 0.257. The Labute approximate surface area is 111 Å². The van der Waals surface area contributed by atoms with Crippen molar-refractivity contribution in [3.05, 3.63) is 29.8 Å². The van der Waals surface area contributed by atoms with Gasteiger partial charge in [-0.15, -0.1) is 0 Å². The first kappa shape index (κ1) is 13.4. The van der Waals surface area contributed by atoms with Gasteiger partial charge in [0, 0.05) is 0 Å². The molecule has 0 aromatic heterocycles. The molecule has 2 rings (SSSR count). The van der Waals surface area contributed by atoms with Gasteiger partial charge < -0.3 is 10.1 Å². The van der Waals surface area contributed by atoms with Crippen LogP contribution in [-0.4, -0.2) is 19.2 Å². The molecule has 0 aliphatic carbocycles. The summed E-state index contributed by atoms with van der Waals surface area (Å²) >= 11 is 0. The molecule has 2 heteroatoms. The maximum atomic E-state index is 6.02. The molecule has 0 saturated carbocycles. The highest BCUT2D eigenvalue weighted by Crippen LogP contribution is 2.28. The second-order valence-corrected chi connectivity index (χ2v) is 5.83. The van der Waals surface area contributed by atoms with Crippen LogP contribution in [0.1, 0.15) is 45.6 Å². The van der Waals surface area contributed by atoms with Gasteiger partial charge in [0.15, 0.2) is 0 Å². The zero-order valence-corrected chi connectivity index (χ0v) is 11.8. The smallest absolute Gasteiger partial charge is 0.119 e. The lowest BCUT2D eigenvalue weighted by molar-refractivity contribution is 0.162. The number of piperidine rings is 1. The van der Waals surface area contributed by atoms with Crippen LogP contribution in [0.25, 0.3) is 0 Å². The van der Waals surface area contributed by atoms with Gasteiger partial charge in [-0.3, -0.25) is 0 Å². The maximum Gasteiger partial charge on any atom is 0.119 e. The molecule has 1 saturated heterocycles. The normalized spacial score (nSPS) is 17.7. The highest BCUT2D eigenvalue weighted by molar-refractivity contribution is 5.31. The third-order valence-corrected chi connectivity index (χ3v) is 4.11. The Balaban J connectivity index is 1.99. The van der Waals surface area contributed by atoms with E-state index in [1.807, 2.05) is 0 Å². The molecule has 100 valence electrons. The standard InChI is InChI=1S/C16H25NO/c1-4-16(2,3)13-5-7-14(8-6-13)18-15-9-11-17-12-10-15/h5-8,15,17H,4,9-12H2,1-3H3. The molecule has 0 bridgehead atoms. The quantitative estimate of drug-likeness (QED) is 0.879. The monoisotopic (exact) mass is 247 g/mol. The summed E-state index contributed by atoms with van der Waals surface area (Å²) in [4.78, 5) is 0. The molecule has 0 amide bonds. The van der Waals surface area contributed by atoms with Gasteiger partial charge in [0.05, 0.1) is 0 Å². The molecule has 2 nitrogen and oxygen atoms in total. The second-order valence-electron chi connectivity index (χ2n) is 5.83. The SMILES string of the molecule is CCC(C)(C)c1ccc(OC2CCNCC2)cc1. The minimum atomic E-state index is 0.257. The first-order valence-electron chi connectivity index (χ1n) is 7.10. The van der Waals surface area contributed by atoms with Crippen LogP contribution in [0.5, 0.6) is 5.75 Å². The fourth-order valence-corrected chi connectivity index (χ4v) is 2.29. The summed E-state index contributed by atoms with van der Waals surface area (Å²) in [6.45, 7) is 8.96. The van der Waals surface area contributed by atoms with Gasteiger partial charge in [0.1, 0.15) is 11.9 Å². The number of nitrogens with one attached hydrogen (secondary N) is 1. The van der Waals surface area contributed by atoms with Crippen molar-refractivity contribution in [2.75, 3.05) is 13.1 Å². The van der Waals surface area contributed by atoms with Gasteiger partial charge in [-0.25, -0.2) is 0 Å². The Morgan fingerprint density at radius 1 is 1.17 bits per heavy atom. The van der Waals surface area contributed by atoms with Crippen molar-refractivity contribution in [3.63, 3.8) is 0 Å². The highest BCUT2D eigenvalue weighted by Gasteiger charge is 2.18. The van der Waals surface area contributed by atoms with Crippen molar-refractivity contribution in [2.24, 2.45) is 0 Å². The highest BCUT2D eigenvalue weighted by atomic mass is 16.5. The van der Waals surface area contributed by atoms with E-state index in [2.05, 4.69) is 50.4 Å². The number of ether oxygens (including phenoxy) is 1. The van der Waals surface area contributed by atoms with Crippen LogP contribution in [-0.2, 0) is 5.41 Å². The van der Waals surface area contributed by atoms with Gasteiger partial charge in [-0.1, -0.05) is 32.9 Å². The van der Waals surface area contributed by atoms with E-state index in [1.165, 1.54) is 5.56 Å². The Kier molecular flexibility index (Phi) is 4.28. The van der Waals surface area contributed by atoms with Crippen molar-refractivity contribution in [1.82, 2.24) is 5.32 Å². The molecule has 1 aromatic rings. The number of hydrogen-bond acceptors (Lipinski definition) is 2. The van der Waals surface area contributed by atoms with Gasteiger partial charge in [0.25, 0.3) is 0 Å². The second kappa shape index (κ2) is 5.75. The van der Waals surface area contributed by atoms with Crippen LogP contribution in [0.15, 0.2) is 24.3 Å². The summed E-state index contributed by atoms with van der Waals surface area (Å²) in [5.74, 6) is 1.01. The van der Waals surface area contributed by atoms with E-state index in [9.17, 15) is 0 Å². The molecule has 1 N–H and O–H groups in total. The van der Waals surface area contributed by atoms with Gasteiger partial charge in [-0.05, 0) is 55.5 Å². The summed E-state index contributed by atoms with van der Waals surface area (Å²) < 4.78 is 6.02. The average Bonchev–Trinajstić information content (AvgIpc) is 2.40. The minimum Gasteiger partial charge on any atom is -0.490 e. The van der Waals surface area contributed by atoms with Crippen LogP contribution in [0.2, 0.25) is 0 Å². The summed E-state index contributed by atoms with van der Waals surface area (Å²) in [7, 11) is 0. The van der Waals surface area contributed by atoms with E-state index in [-0.39, 0.29) is 5.41 Å². The molecule has 1 heterocycles. The molecule has 1 aliphatic rings. The van der Waals surface area contributed by atoms with Crippen molar-refractivity contribution in [1.29, 1.82) is 0 Å². The largest absolute Gasteiger partial charge is 0.490 e. The summed E-state index contributed by atoms with van der Waals surface area (Å²) in [5, 5.41) is 3.36. The lowest BCUT2D eigenvalue weighted by Crippen LogP contribution is -2.34. The van der Waals surface area contributed by atoms with Crippen molar-refractivity contribution >= 4 is 0 Å². The number of rotatable bonds is 4. The summed E-state index contributed by atoms with van der Waals surface area (Å²) in [6, 6.07) is 8.66.